The van der Waals surface area contributed by atoms with Crippen molar-refractivity contribution in [2.75, 3.05) is 7.11 Å². The first kappa shape index (κ1) is 20.0. The van der Waals surface area contributed by atoms with E-state index in [0.29, 0.717) is 23.9 Å². The smallest absolute Gasteiger partial charge is 0.280 e. The Kier molecular flexibility index (Phi) is 4.84. The van der Waals surface area contributed by atoms with Crippen molar-refractivity contribution >= 4 is 17.2 Å². The van der Waals surface area contributed by atoms with Gasteiger partial charge in [-0.1, -0.05) is 20.8 Å². The molecule has 5 nitrogen and oxygen atoms in total. The van der Waals surface area contributed by atoms with Gasteiger partial charge in [-0.25, -0.2) is 0 Å². The standard InChI is InChI=1S/C23H34N2O3S/c1-22(2,3)19-13-25(12-16-8-17(9-16)27-4)21(29-19)24-20(26)23-10-14-5-15(11-23)7-18(6-14)28-23/h13-18H,5-12H2,1-4H3. The zero-order valence-electron chi connectivity index (χ0n) is 18.1. The number of hydrogen-bond donors (Lipinski definition) is 0. The lowest BCUT2D eigenvalue weighted by molar-refractivity contribution is -0.216. The lowest BCUT2D eigenvalue weighted by Gasteiger charge is -2.54. The molecule has 2 unspecified atom stereocenters. The van der Waals surface area contributed by atoms with E-state index in [1.54, 1.807) is 18.4 Å². The largest absolute Gasteiger partial charge is 0.381 e. The number of nitrogens with zero attached hydrogens (tertiary/aromatic N) is 2. The number of amides is 1. The van der Waals surface area contributed by atoms with E-state index in [4.69, 9.17) is 14.5 Å². The van der Waals surface area contributed by atoms with Gasteiger partial charge in [0.2, 0.25) is 0 Å². The molecule has 2 saturated heterocycles. The van der Waals surface area contributed by atoms with Crippen molar-refractivity contribution in [1.82, 2.24) is 4.57 Å². The quantitative estimate of drug-likeness (QED) is 0.741. The van der Waals surface area contributed by atoms with Crippen molar-refractivity contribution in [2.24, 2.45) is 22.7 Å². The number of thiazole rings is 1. The molecule has 0 aromatic carbocycles. The maximum Gasteiger partial charge on any atom is 0.280 e. The summed E-state index contributed by atoms with van der Waals surface area (Å²) in [6.45, 7) is 7.59. The van der Waals surface area contributed by atoms with Crippen LogP contribution in [0.25, 0.3) is 0 Å². The van der Waals surface area contributed by atoms with Crippen molar-refractivity contribution in [3.8, 4) is 0 Å². The van der Waals surface area contributed by atoms with Gasteiger partial charge in [-0.15, -0.1) is 11.3 Å². The molecule has 1 aromatic heterocycles. The molecule has 3 heterocycles. The Bertz CT molecular complexity index is 821. The minimum absolute atomic E-state index is 0.0314. The monoisotopic (exact) mass is 418 g/mol. The molecule has 3 aliphatic carbocycles. The molecule has 2 aliphatic heterocycles. The summed E-state index contributed by atoms with van der Waals surface area (Å²) >= 11 is 1.67. The highest BCUT2D eigenvalue weighted by atomic mass is 32.1. The van der Waals surface area contributed by atoms with Crippen molar-refractivity contribution < 1.29 is 14.3 Å². The first-order valence-corrected chi connectivity index (χ1v) is 12.1. The van der Waals surface area contributed by atoms with E-state index in [9.17, 15) is 4.79 Å². The number of carbonyl (C=O) groups excluding carboxylic acids is 1. The van der Waals surface area contributed by atoms with Gasteiger partial charge in [-0.2, -0.15) is 4.99 Å². The molecular weight excluding hydrogens is 384 g/mol. The molecule has 0 radical (unpaired) electrons. The van der Waals surface area contributed by atoms with Crippen LogP contribution in [0.15, 0.2) is 11.2 Å². The van der Waals surface area contributed by atoms with Crippen LogP contribution in [-0.4, -0.2) is 35.4 Å². The average molecular weight is 419 g/mol. The second kappa shape index (κ2) is 7.03. The van der Waals surface area contributed by atoms with Crippen LogP contribution in [-0.2, 0) is 26.2 Å². The van der Waals surface area contributed by atoms with Gasteiger partial charge in [0.15, 0.2) is 4.80 Å². The van der Waals surface area contributed by atoms with Crippen molar-refractivity contribution in [3.63, 3.8) is 0 Å². The van der Waals surface area contributed by atoms with Gasteiger partial charge in [0, 0.05) is 24.7 Å². The summed E-state index contributed by atoms with van der Waals surface area (Å²) in [6.07, 6.45) is 10.4. The highest BCUT2D eigenvalue weighted by molar-refractivity contribution is 7.09. The Morgan fingerprint density at radius 3 is 2.52 bits per heavy atom. The molecule has 29 heavy (non-hydrogen) atoms. The normalized spacial score (nSPS) is 39.0. The van der Waals surface area contributed by atoms with Gasteiger partial charge in [0.25, 0.3) is 5.91 Å². The van der Waals surface area contributed by atoms with Crippen LogP contribution in [0.2, 0.25) is 0 Å². The molecule has 0 spiro atoms. The third-order valence-corrected chi connectivity index (χ3v) is 8.96. The first-order chi connectivity index (χ1) is 13.7. The van der Waals surface area contributed by atoms with Gasteiger partial charge >= 0.3 is 0 Å². The summed E-state index contributed by atoms with van der Waals surface area (Å²) in [5, 5.41) is 0. The zero-order chi connectivity index (χ0) is 20.4. The minimum Gasteiger partial charge on any atom is -0.381 e. The summed E-state index contributed by atoms with van der Waals surface area (Å²) in [5.74, 6) is 1.88. The number of methoxy groups -OCH3 is 1. The van der Waals surface area contributed by atoms with Crippen LogP contribution in [0.3, 0.4) is 0 Å². The fraction of sp³-hybridized carbons (Fsp3) is 0.826. The third kappa shape index (κ3) is 3.66. The minimum atomic E-state index is -0.643. The summed E-state index contributed by atoms with van der Waals surface area (Å²) in [5.41, 5.74) is -0.592. The molecule has 6 heteroatoms. The van der Waals surface area contributed by atoms with Gasteiger partial charge in [-0.05, 0) is 68.1 Å². The van der Waals surface area contributed by atoms with Gasteiger partial charge in [0.05, 0.1) is 12.2 Å². The van der Waals surface area contributed by atoms with Crippen molar-refractivity contribution in [3.05, 3.63) is 15.9 Å². The number of aromatic nitrogens is 1. The first-order valence-electron chi connectivity index (χ1n) is 11.2. The maximum absolute atomic E-state index is 13.4. The second-order valence-corrected chi connectivity index (χ2v) is 12.0. The Morgan fingerprint density at radius 1 is 1.24 bits per heavy atom. The highest BCUT2D eigenvalue weighted by Gasteiger charge is 2.56. The number of hydrogen-bond acceptors (Lipinski definition) is 4. The summed E-state index contributed by atoms with van der Waals surface area (Å²) in [7, 11) is 1.79. The summed E-state index contributed by atoms with van der Waals surface area (Å²) in [4.78, 5) is 20.3. The molecule has 5 fully saturated rings. The zero-order valence-corrected chi connectivity index (χ0v) is 19.0. The SMILES string of the molecule is COC1CC(Cn2cc(C(C)(C)C)sc2=NC(=O)C23CC4CC(CC(C4)O2)C3)C1. The molecule has 0 N–H and O–H groups in total. The number of carbonyl (C=O) groups is 1. The van der Waals surface area contributed by atoms with E-state index >= 15 is 0 Å². The Balaban J connectivity index is 1.44. The van der Waals surface area contributed by atoms with E-state index in [1.807, 2.05) is 0 Å². The van der Waals surface area contributed by atoms with E-state index in [0.717, 1.165) is 49.9 Å². The summed E-state index contributed by atoms with van der Waals surface area (Å²) < 4.78 is 14.0. The third-order valence-electron chi connectivity index (χ3n) is 7.52. The van der Waals surface area contributed by atoms with Crippen LogP contribution < -0.4 is 4.80 Å². The molecule has 4 bridgehead atoms. The van der Waals surface area contributed by atoms with Crippen LogP contribution in [0.1, 0.15) is 70.6 Å². The molecular formula is C23H34N2O3S. The molecule has 1 aromatic rings. The Hall–Kier alpha value is -0.980. The number of rotatable bonds is 4. The molecule has 160 valence electrons. The molecule has 3 saturated carbocycles. The predicted octanol–water partition coefficient (Wildman–Crippen LogP) is 4.05. The van der Waals surface area contributed by atoms with Gasteiger partial charge in [0.1, 0.15) is 5.60 Å². The Labute approximate surface area is 177 Å². The fourth-order valence-corrected chi connectivity index (χ4v) is 7.07. The summed E-state index contributed by atoms with van der Waals surface area (Å²) in [6, 6.07) is 0. The number of ether oxygens (including phenoxy) is 2. The van der Waals surface area contributed by atoms with Gasteiger partial charge < -0.3 is 14.0 Å². The molecule has 2 atom stereocenters. The van der Waals surface area contributed by atoms with E-state index in [1.165, 1.54) is 11.3 Å². The van der Waals surface area contributed by atoms with Gasteiger partial charge in [-0.3, -0.25) is 4.79 Å². The van der Waals surface area contributed by atoms with Crippen LogP contribution >= 0.6 is 11.3 Å². The van der Waals surface area contributed by atoms with Crippen LogP contribution in [0, 0.1) is 17.8 Å². The molecule has 1 amide bonds. The second-order valence-electron chi connectivity index (χ2n) is 11.0. The topological polar surface area (TPSA) is 52.8 Å². The van der Waals surface area contributed by atoms with E-state index in [-0.39, 0.29) is 17.4 Å². The highest BCUT2D eigenvalue weighted by Crippen LogP contribution is 2.53. The molecule has 5 aliphatic rings. The van der Waals surface area contributed by atoms with Crippen LogP contribution in [0.4, 0.5) is 0 Å². The lowest BCUT2D eigenvalue weighted by atomic mass is 9.62. The Morgan fingerprint density at radius 2 is 1.93 bits per heavy atom. The van der Waals surface area contributed by atoms with E-state index in [2.05, 4.69) is 31.5 Å². The average Bonchev–Trinajstić information content (AvgIpc) is 2.99. The van der Waals surface area contributed by atoms with Crippen molar-refractivity contribution in [1.29, 1.82) is 0 Å². The fourth-order valence-electron chi connectivity index (χ4n) is 6.02. The van der Waals surface area contributed by atoms with Crippen LogP contribution in [0.5, 0.6) is 0 Å². The predicted molar refractivity (Wildman–Crippen MR) is 113 cm³/mol. The maximum atomic E-state index is 13.4. The van der Waals surface area contributed by atoms with E-state index < -0.39 is 5.60 Å². The molecule has 6 rings (SSSR count). The lowest BCUT2D eigenvalue weighted by Crippen LogP contribution is -2.58. The van der Waals surface area contributed by atoms with Crippen molar-refractivity contribution in [2.45, 2.75) is 95.5 Å².